The van der Waals surface area contributed by atoms with Crippen molar-refractivity contribution in [3.8, 4) is 11.3 Å². The zero-order valence-electron chi connectivity index (χ0n) is 16.3. The van der Waals surface area contributed by atoms with Gasteiger partial charge in [-0.25, -0.2) is 9.97 Å². The lowest BCUT2D eigenvalue weighted by molar-refractivity contribution is 0.348. The molecule has 4 rings (SSSR count). The molecule has 0 N–H and O–H groups in total. The summed E-state index contributed by atoms with van der Waals surface area (Å²) in [5.74, 6) is 1.57. The Hall–Kier alpha value is -2.22. The number of aryl methyl sites for hydroxylation is 3. The molecule has 0 atom stereocenters. The van der Waals surface area contributed by atoms with Crippen LogP contribution in [0.4, 0.5) is 0 Å². The first kappa shape index (κ1) is 17.2. The molecule has 2 nitrogen and oxygen atoms in total. The van der Waals surface area contributed by atoms with E-state index in [1.165, 1.54) is 47.9 Å². The Kier molecular flexibility index (Phi) is 4.52. The van der Waals surface area contributed by atoms with Gasteiger partial charge in [-0.1, -0.05) is 43.0 Å². The lowest BCUT2D eigenvalue weighted by atomic mass is 9.79. The average Bonchev–Trinajstić information content (AvgIpc) is 2.60. The van der Waals surface area contributed by atoms with Crippen molar-refractivity contribution < 1.29 is 0 Å². The van der Waals surface area contributed by atoms with E-state index in [1.54, 1.807) is 0 Å². The molecule has 3 aromatic rings. The van der Waals surface area contributed by atoms with Gasteiger partial charge in [0.2, 0.25) is 0 Å². The molecule has 0 unspecified atom stereocenters. The van der Waals surface area contributed by atoms with E-state index in [1.807, 2.05) is 0 Å². The van der Waals surface area contributed by atoms with E-state index in [0.29, 0.717) is 5.92 Å². The van der Waals surface area contributed by atoms with Crippen LogP contribution >= 0.6 is 0 Å². The predicted molar refractivity (Wildman–Crippen MR) is 110 cm³/mol. The summed E-state index contributed by atoms with van der Waals surface area (Å²) in [5, 5.41) is 0. The van der Waals surface area contributed by atoms with Crippen LogP contribution in [0.2, 0.25) is 0 Å². The summed E-state index contributed by atoms with van der Waals surface area (Å²) in [6, 6.07) is 13.3. The van der Waals surface area contributed by atoms with Crippen LogP contribution in [0.1, 0.15) is 60.9 Å². The van der Waals surface area contributed by atoms with Crippen molar-refractivity contribution in [2.24, 2.45) is 5.92 Å². The van der Waals surface area contributed by atoms with Crippen molar-refractivity contribution in [2.75, 3.05) is 0 Å². The quantitative estimate of drug-likeness (QED) is 0.529. The minimum absolute atomic E-state index is 0.691. The molecule has 2 heteroatoms. The van der Waals surface area contributed by atoms with E-state index in [9.17, 15) is 0 Å². The average molecular weight is 345 g/mol. The monoisotopic (exact) mass is 344 g/mol. The van der Waals surface area contributed by atoms with E-state index in [-0.39, 0.29) is 0 Å². The molecule has 1 aliphatic rings. The van der Waals surface area contributed by atoms with E-state index < -0.39 is 0 Å². The van der Waals surface area contributed by atoms with Gasteiger partial charge in [0.05, 0.1) is 22.4 Å². The minimum Gasteiger partial charge on any atom is -0.249 e. The van der Waals surface area contributed by atoms with Crippen LogP contribution in [-0.4, -0.2) is 9.97 Å². The number of nitrogens with zero attached hydrogens (tertiary/aromatic N) is 2. The standard InChI is InChI=1S/C24H28N2/c1-15-5-7-19(8-6-15)20-9-10-22-23(14-20)25-18(4)24(26-22)21-12-16(2)11-17(3)13-21/h9-15,19H,5-8H2,1-4H3. The molecule has 0 aliphatic heterocycles. The van der Waals surface area contributed by atoms with Gasteiger partial charge in [-0.15, -0.1) is 0 Å². The Morgan fingerprint density at radius 3 is 2.15 bits per heavy atom. The summed E-state index contributed by atoms with van der Waals surface area (Å²) in [7, 11) is 0. The number of rotatable bonds is 2. The van der Waals surface area contributed by atoms with Gasteiger partial charge in [-0.05, 0) is 75.3 Å². The van der Waals surface area contributed by atoms with Crippen molar-refractivity contribution in [1.82, 2.24) is 9.97 Å². The van der Waals surface area contributed by atoms with Crippen LogP contribution in [0, 0.1) is 26.7 Å². The fourth-order valence-corrected chi connectivity index (χ4v) is 4.39. The number of hydrogen-bond acceptors (Lipinski definition) is 2. The Bertz CT molecular complexity index is 930. The van der Waals surface area contributed by atoms with Crippen molar-refractivity contribution in [3.05, 3.63) is 58.8 Å². The largest absolute Gasteiger partial charge is 0.249 e. The third kappa shape index (κ3) is 3.38. The van der Waals surface area contributed by atoms with Gasteiger partial charge in [-0.3, -0.25) is 0 Å². The fraction of sp³-hybridized carbons (Fsp3) is 0.417. The molecule has 0 saturated heterocycles. The van der Waals surface area contributed by atoms with Crippen LogP contribution in [-0.2, 0) is 0 Å². The third-order valence-electron chi connectivity index (χ3n) is 5.84. The smallest absolute Gasteiger partial charge is 0.0922 e. The highest BCUT2D eigenvalue weighted by Gasteiger charge is 2.20. The second kappa shape index (κ2) is 6.83. The maximum Gasteiger partial charge on any atom is 0.0922 e. The normalized spacial score (nSPS) is 20.5. The topological polar surface area (TPSA) is 25.8 Å². The zero-order chi connectivity index (χ0) is 18.3. The highest BCUT2D eigenvalue weighted by molar-refractivity contribution is 5.79. The van der Waals surface area contributed by atoms with Crippen LogP contribution in [0.3, 0.4) is 0 Å². The van der Waals surface area contributed by atoms with E-state index >= 15 is 0 Å². The van der Waals surface area contributed by atoms with Gasteiger partial charge in [0.15, 0.2) is 0 Å². The van der Waals surface area contributed by atoms with Crippen molar-refractivity contribution in [2.45, 2.75) is 59.3 Å². The molecule has 1 fully saturated rings. The van der Waals surface area contributed by atoms with Gasteiger partial charge in [0.25, 0.3) is 0 Å². The van der Waals surface area contributed by atoms with Gasteiger partial charge in [0.1, 0.15) is 0 Å². The minimum atomic E-state index is 0.691. The molecule has 1 aliphatic carbocycles. The van der Waals surface area contributed by atoms with Crippen molar-refractivity contribution >= 4 is 11.0 Å². The lowest BCUT2D eigenvalue weighted by Gasteiger charge is -2.26. The zero-order valence-corrected chi connectivity index (χ0v) is 16.3. The van der Waals surface area contributed by atoms with Gasteiger partial charge >= 0.3 is 0 Å². The number of aromatic nitrogens is 2. The molecule has 2 aromatic carbocycles. The Morgan fingerprint density at radius 2 is 1.46 bits per heavy atom. The molecular formula is C24H28N2. The number of fused-ring (bicyclic) bond motifs is 1. The Morgan fingerprint density at radius 1 is 0.769 bits per heavy atom. The SMILES string of the molecule is Cc1cc(C)cc(-c2nc3ccc(C4CCC(C)CC4)cc3nc2C)c1. The molecule has 1 saturated carbocycles. The first-order valence-electron chi connectivity index (χ1n) is 9.86. The van der Waals surface area contributed by atoms with Crippen LogP contribution in [0.5, 0.6) is 0 Å². The van der Waals surface area contributed by atoms with E-state index in [2.05, 4.69) is 64.1 Å². The summed E-state index contributed by atoms with van der Waals surface area (Å²) in [5.41, 5.74) is 9.19. The summed E-state index contributed by atoms with van der Waals surface area (Å²) in [6.45, 7) is 8.73. The highest BCUT2D eigenvalue weighted by Crippen LogP contribution is 2.36. The molecular weight excluding hydrogens is 316 g/mol. The molecule has 0 spiro atoms. The third-order valence-corrected chi connectivity index (χ3v) is 5.84. The maximum absolute atomic E-state index is 4.96. The van der Waals surface area contributed by atoms with E-state index in [0.717, 1.165) is 28.3 Å². The van der Waals surface area contributed by atoms with Gasteiger partial charge < -0.3 is 0 Å². The summed E-state index contributed by atoms with van der Waals surface area (Å²) < 4.78 is 0. The van der Waals surface area contributed by atoms with Crippen LogP contribution < -0.4 is 0 Å². The fourth-order valence-electron chi connectivity index (χ4n) is 4.39. The molecule has 26 heavy (non-hydrogen) atoms. The lowest BCUT2D eigenvalue weighted by Crippen LogP contribution is -2.10. The summed E-state index contributed by atoms with van der Waals surface area (Å²) >= 11 is 0. The van der Waals surface area contributed by atoms with Crippen molar-refractivity contribution in [3.63, 3.8) is 0 Å². The number of hydrogen-bond donors (Lipinski definition) is 0. The highest BCUT2D eigenvalue weighted by atomic mass is 14.8. The van der Waals surface area contributed by atoms with Crippen molar-refractivity contribution in [1.29, 1.82) is 0 Å². The molecule has 1 aromatic heterocycles. The first-order chi connectivity index (χ1) is 12.5. The molecule has 134 valence electrons. The second-order valence-corrected chi connectivity index (χ2v) is 8.24. The van der Waals surface area contributed by atoms with Crippen LogP contribution in [0.15, 0.2) is 36.4 Å². The van der Waals surface area contributed by atoms with Gasteiger partial charge in [0, 0.05) is 5.56 Å². The van der Waals surface area contributed by atoms with E-state index in [4.69, 9.17) is 9.97 Å². The van der Waals surface area contributed by atoms with Gasteiger partial charge in [-0.2, -0.15) is 0 Å². The summed E-state index contributed by atoms with van der Waals surface area (Å²) in [6.07, 6.45) is 5.30. The molecule has 0 amide bonds. The number of benzene rings is 2. The second-order valence-electron chi connectivity index (χ2n) is 8.24. The summed E-state index contributed by atoms with van der Waals surface area (Å²) in [4.78, 5) is 9.88. The Labute approximate surface area is 156 Å². The molecule has 0 bridgehead atoms. The predicted octanol–water partition coefficient (Wildman–Crippen LogP) is 6.52. The molecule has 1 heterocycles. The first-order valence-corrected chi connectivity index (χ1v) is 9.86. The molecule has 0 radical (unpaired) electrons. The van der Waals surface area contributed by atoms with Crippen LogP contribution in [0.25, 0.3) is 22.3 Å². The maximum atomic E-state index is 4.96. The Balaban J connectivity index is 1.73.